The second-order valence-corrected chi connectivity index (χ2v) is 12.0. The van der Waals surface area contributed by atoms with Gasteiger partial charge in [0.25, 0.3) is 11.8 Å². The number of H-pyrrole nitrogens is 1. The van der Waals surface area contributed by atoms with Crippen molar-refractivity contribution in [3.63, 3.8) is 0 Å². The number of aromatic amines is 1. The number of oxime groups is 1. The summed E-state index contributed by atoms with van der Waals surface area (Å²) in [4.78, 5) is 86.6. The van der Waals surface area contributed by atoms with E-state index in [0.29, 0.717) is 5.57 Å². The lowest BCUT2D eigenvalue weighted by Gasteiger charge is -2.49. The Labute approximate surface area is 241 Å². The number of aryl methyl sites for hydroxylation is 1. The van der Waals surface area contributed by atoms with Crippen LogP contribution in [0.3, 0.4) is 0 Å². The number of hydrogen-bond donors (Lipinski definition) is 5. The molecular formula is C21H22N8O9S3. The third-order valence-corrected chi connectivity index (χ3v) is 8.85. The molecule has 6 N–H and O–H groups in total. The highest BCUT2D eigenvalue weighted by molar-refractivity contribution is 8.01. The van der Waals surface area contributed by atoms with E-state index in [4.69, 9.17) is 10.6 Å². The molecule has 0 saturated carbocycles. The lowest BCUT2D eigenvalue weighted by Crippen LogP contribution is -2.71. The normalized spacial score (nSPS) is 19.0. The van der Waals surface area contributed by atoms with Crippen LogP contribution in [0.5, 0.6) is 0 Å². The molecule has 0 radical (unpaired) electrons. The first-order valence-electron chi connectivity index (χ1n) is 11.4. The van der Waals surface area contributed by atoms with Crippen LogP contribution in [0.15, 0.2) is 36.6 Å². The number of nitrogens with zero attached hydrogens (tertiary/aromatic N) is 5. The van der Waals surface area contributed by atoms with E-state index in [1.165, 1.54) is 42.7 Å². The van der Waals surface area contributed by atoms with Crippen LogP contribution in [0.1, 0.15) is 19.5 Å². The topological polar surface area (TPSA) is 252 Å². The highest BCUT2D eigenvalue weighted by Crippen LogP contribution is 2.41. The molecule has 0 unspecified atom stereocenters. The molecule has 17 nitrogen and oxygen atoms in total. The number of nitrogens with two attached hydrogens (primary N) is 1. The third kappa shape index (κ3) is 5.98. The van der Waals surface area contributed by atoms with Gasteiger partial charge >= 0.3 is 23.1 Å². The van der Waals surface area contributed by atoms with Gasteiger partial charge in [0.2, 0.25) is 5.60 Å². The fourth-order valence-electron chi connectivity index (χ4n) is 3.55. The van der Waals surface area contributed by atoms with Gasteiger partial charge in [-0.3, -0.25) is 33.9 Å². The lowest BCUT2D eigenvalue weighted by atomic mass is 10.0. The van der Waals surface area contributed by atoms with Crippen LogP contribution in [0.2, 0.25) is 0 Å². The van der Waals surface area contributed by atoms with Gasteiger partial charge in [-0.1, -0.05) is 16.9 Å². The first kappa shape index (κ1) is 29.8. The number of aromatic nitrogens is 4. The quantitative estimate of drug-likeness (QED) is 0.0670. The average Bonchev–Trinajstić information content (AvgIpc) is 3.33. The summed E-state index contributed by atoms with van der Waals surface area (Å²) in [6.45, 7) is 2.44. The smallest absolute Gasteiger partial charge is 0.352 e. The van der Waals surface area contributed by atoms with Gasteiger partial charge in [-0.05, 0) is 19.4 Å². The molecule has 20 heteroatoms. The number of carbonyl (C=O) groups excluding carboxylic acids is 2. The number of hydrogen-bond acceptors (Lipinski definition) is 14. The number of nitrogens with one attached hydrogen (secondary N) is 2. The Bertz CT molecular complexity index is 1630. The Morgan fingerprint density at radius 3 is 2.61 bits per heavy atom. The Balaban J connectivity index is 1.53. The van der Waals surface area contributed by atoms with E-state index >= 15 is 0 Å². The molecule has 2 aromatic heterocycles. The average molecular weight is 627 g/mol. The first-order chi connectivity index (χ1) is 19.2. The zero-order valence-electron chi connectivity index (χ0n) is 21.4. The number of nitrogen functional groups attached to an aromatic ring is 1. The minimum atomic E-state index is -1.79. The van der Waals surface area contributed by atoms with E-state index in [9.17, 15) is 39.0 Å². The standard InChI is InChI=1S/C21H22N8O9S3/c1-21(2,18(36)37)38-27-9(8-6-40-19(22)23-8)12(30)24-10-15(33)29-11(17(34)35)7(4-39-16(10)29)5-41-20-25-13(31)14(32)26-28(20)3/h6,10,16H,4-5H2,1-3H3,(H2,22,23)(H,24,30)(H,26,32)(H,34,35)(H,36,37)/t10-,16-/m1/s1. The van der Waals surface area contributed by atoms with Crippen LogP contribution in [-0.4, -0.2) is 92.8 Å². The Hall–Kier alpha value is -4.17. The van der Waals surface area contributed by atoms with Gasteiger partial charge in [0, 0.05) is 23.9 Å². The van der Waals surface area contributed by atoms with Crippen molar-refractivity contribution in [2.24, 2.45) is 12.2 Å². The predicted molar refractivity (Wildman–Crippen MR) is 146 cm³/mol. The van der Waals surface area contributed by atoms with E-state index in [0.717, 1.165) is 28.0 Å². The van der Waals surface area contributed by atoms with Crippen LogP contribution in [0.25, 0.3) is 0 Å². The molecule has 1 saturated heterocycles. The maximum absolute atomic E-state index is 13.2. The molecule has 4 rings (SSSR count). The third-order valence-electron chi connectivity index (χ3n) is 5.72. The Kier molecular flexibility index (Phi) is 8.27. The van der Waals surface area contributed by atoms with Crippen molar-refractivity contribution < 1.29 is 34.2 Å². The van der Waals surface area contributed by atoms with Gasteiger partial charge < -0.3 is 26.1 Å². The second kappa shape index (κ2) is 11.4. The zero-order valence-corrected chi connectivity index (χ0v) is 23.9. The summed E-state index contributed by atoms with van der Waals surface area (Å²) >= 11 is 3.20. The molecule has 218 valence electrons. The highest BCUT2D eigenvalue weighted by atomic mass is 32.2. The number of thioether (sulfide) groups is 2. The van der Waals surface area contributed by atoms with E-state index in [1.54, 1.807) is 0 Å². The highest BCUT2D eigenvalue weighted by Gasteiger charge is 2.54. The number of anilines is 1. The predicted octanol–water partition coefficient (Wildman–Crippen LogP) is -1.38. The molecule has 0 aliphatic carbocycles. The minimum absolute atomic E-state index is 0.0122. The fraction of sp³-hybridized carbons (Fsp3) is 0.381. The summed E-state index contributed by atoms with van der Waals surface area (Å²) in [6, 6.07) is -1.13. The first-order valence-corrected chi connectivity index (χ1v) is 14.3. The summed E-state index contributed by atoms with van der Waals surface area (Å²) in [5, 5.41) is 28.6. The fourth-order valence-corrected chi connectivity index (χ4v) is 6.50. The van der Waals surface area contributed by atoms with Gasteiger partial charge in [0.1, 0.15) is 22.8 Å². The van der Waals surface area contributed by atoms with Gasteiger partial charge in [-0.15, -0.1) is 23.1 Å². The van der Waals surface area contributed by atoms with Crippen LogP contribution >= 0.6 is 34.9 Å². The number of carboxylic acid groups (broad SMARTS) is 2. The van der Waals surface area contributed by atoms with Crippen LogP contribution in [0, 0.1) is 0 Å². The molecular weight excluding hydrogens is 604 g/mol. The SMILES string of the molecule is Cn1[nH]c(=O)c(=O)nc1SCC1=C(C(=O)O)N2C(=O)[C@@H](NC(=O)C(=NOC(C)(C)C(=O)O)c3csc(N)n3)[C@H]2SC1. The number of fused-ring (bicyclic) bond motifs is 1. The molecule has 41 heavy (non-hydrogen) atoms. The number of thiazole rings is 1. The maximum atomic E-state index is 13.2. The number of aliphatic carboxylic acids is 2. The van der Waals surface area contributed by atoms with Crippen molar-refractivity contribution in [3.8, 4) is 0 Å². The summed E-state index contributed by atoms with van der Waals surface area (Å²) in [5.74, 6) is -4.10. The van der Waals surface area contributed by atoms with Gasteiger partial charge in [-0.25, -0.2) is 14.6 Å². The maximum Gasteiger partial charge on any atom is 0.352 e. The number of rotatable bonds is 10. The van der Waals surface area contributed by atoms with Crippen LogP contribution in [0.4, 0.5) is 5.13 Å². The number of carboxylic acids is 2. The molecule has 1 fully saturated rings. The molecule has 2 aliphatic heterocycles. The zero-order chi connectivity index (χ0) is 30.2. The number of amides is 2. The van der Waals surface area contributed by atoms with Crippen molar-refractivity contribution in [3.05, 3.63) is 43.1 Å². The largest absolute Gasteiger partial charge is 0.478 e. The molecule has 2 aliphatic rings. The van der Waals surface area contributed by atoms with E-state index in [-0.39, 0.29) is 33.2 Å². The van der Waals surface area contributed by atoms with E-state index in [2.05, 4.69) is 25.5 Å². The van der Waals surface area contributed by atoms with E-state index in [1.807, 2.05) is 0 Å². The number of carbonyl (C=O) groups is 4. The molecule has 0 spiro atoms. The van der Waals surface area contributed by atoms with Crippen molar-refractivity contribution in [1.29, 1.82) is 0 Å². The number of β-lactam (4-membered cyclic amide) rings is 1. The van der Waals surface area contributed by atoms with Gasteiger partial charge in [0.05, 0.1) is 0 Å². The summed E-state index contributed by atoms with van der Waals surface area (Å²) in [6.07, 6.45) is 0. The molecule has 2 aromatic rings. The van der Waals surface area contributed by atoms with E-state index < -0.39 is 57.6 Å². The van der Waals surface area contributed by atoms with Crippen molar-refractivity contribution in [2.45, 2.75) is 36.0 Å². The summed E-state index contributed by atoms with van der Waals surface area (Å²) in [5.41, 5.74) is 1.64. The molecule has 2 atom stereocenters. The molecule has 0 aromatic carbocycles. The Morgan fingerprint density at radius 2 is 2.00 bits per heavy atom. The monoisotopic (exact) mass is 626 g/mol. The minimum Gasteiger partial charge on any atom is -0.478 e. The van der Waals surface area contributed by atoms with Crippen LogP contribution < -0.4 is 22.2 Å². The Morgan fingerprint density at radius 1 is 1.29 bits per heavy atom. The lowest BCUT2D eigenvalue weighted by molar-refractivity contribution is -0.161. The van der Waals surface area contributed by atoms with Crippen molar-refractivity contribution in [2.75, 3.05) is 17.2 Å². The van der Waals surface area contributed by atoms with Gasteiger partial charge in [0.15, 0.2) is 16.0 Å². The summed E-state index contributed by atoms with van der Waals surface area (Å²) in [7, 11) is 1.46. The van der Waals surface area contributed by atoms with Crippen molar-refractivity contribution in [1.82, 2.24) is 30.0 Å². The van der Waals surface area contributed by atoms with Crippen LogP contribution in [-0.2, 0) is 31.1 Å². The van der Waals surface area contributed by atoms with Crippen molar-refractivity contribution >= 4 is 69.5 Å². The van der Waals surface area contributed by atoms with Gasteiger partial charge in [-0.2, -0.15) is 4.98 Å². The second-order valence-electron chi connectivity index (χ2n) is 9.02. The summed E-state index contributed by atoms with van der Waals surface area (Å²) < 4.78 is 1.23. The molecule has 0 bridgehead atoms. The molecule has 2 amide bonds. The molecule has 4 heterocycles.